The van der Waals surface area contributed by atoms with Crippen LogP contribution in [0.1, 0.15) is 23.0 Å². The maximum Gasteiger partial charge on any atom is 0.433 e. The number of nitrogens with zero attached hydrogens (tertiary/aromatic N) is 2. The summed E-state index contributed by atoms with van der Waals surface area (Å²) in [6, 6.07) is 5.86. The van der Waals surface area contributed by atoms with Crippen LogP contribution >= 0.6 is 0 Å². The molecule has 0 fully saturated rings. The summed E-state index contributed by atoms with van der Waals surface area (Å²) in [4.78, 5) is 26.8. The largest absolute Gasteiger partial charge is 0.433 e. The molecule has 122 valence electrons. The third-order valence-corrected chi connectivity index (χ3v) is 2.89. The summed E-state index contributed by atoms with van der Waals surface area (Å²) in [6.07, 6.45) is -3.96. The van der Waals surface area contributed by atoms with Crippen LogP contribution in [-0.2, 0) is 18.0 Å². The van der Waals surface area contributed by atoms with Gasteiger partial charge in [0, 0.05) is 14.0 Å². The quantitative estimate of drug-likeness (QED) is 0.695. The molecular weight excluding hydrogens is 315 g/mol. The minimum absolute atomic E-state index is 0.000686. The molecule has 2 aromatic rings. The van der Waals surface area contributed by atoms with Crippen molar-refractivity contribution in [3.63, 3.8) is 0 Å². The van der Waals surface area contributed by atoms with Crippen molar-refractivity contribution in [3.8, 4) is 5.75 Å². The predicted octanol–water partition coefficient (Wildman–Crippen LogP) is 2.62. The molecule has 0 saturated heterocycles. The first-order valence-corrected chi connectivity index (χ1v) is 6.38. The first-order valence-electron chi connectivity index (χ1n) is 6.38. The van der Waals surface area contributed by atoms with Gasteiger partial charge in [-0.1, -0.05) is 12.1 Å². The van der Waals surface area contributed by atoms with Crippen molar-refractivity contribution in [2.24, 2.45) is 7.05 Å². The van der Waals surface area contributed by atoms with Gasteiger partial charge in [-0.2, -0.15) is 13.2 Å². The molecule has 9 heteroatoms. The lowest BCUT2D eigenvalue weighted by atomic mass is 10.2. The van der Waals surface area contributed by atoms with Gasteiger partial charge >= 0.3 is 12.1 Å². The van der Waals surface area contributed by atoms with Crippen LogP contribution < -0.4 is 10.1 Å². The highest BCUT2D eigenvalue weighted by atomic mass is 19.4. The Kier molecular flexibility index (Phi) is 4.39. The minimum Gasteiger partial charge on any atom is -0.426 e. The number of alkyl halides is 3. The Hall–Kier alpha value is -2.84. The normalized spacial score (nSPS) is 11.2. The molecule has 0 bridgehead atoms. The summed E-state index contributed by atoms with van der Waals surface area (Å²) in [7, 11) is 1.13. The van der Waals surface area contributed by atoms with Gasteiger partial charge in [0.2, 0.25) is 5.95 Å². The summed E-state index contributed by atoms with van der Waals surface area (Å²) < 4.78 is 43.7. The highest BCUT2D eigenvalue weighted by Gasteiger charge is 2.35. The van der Waals surface area contributed by atoms with Gasteiger partial charge in [-0.15, -0.1) is 0 Å². The van der Waals surface area contributed by atoms with Crippen LogP contribution in [0.4, 0.5) is 19.1 Å². The number of rotatable bonds is 3. The number of benzene rings is 1. The minimum atomic E-state index is -4.58. The number of nitrogens with one attached hydrogen (secondary N) is 1. The molecule has 1 N–H and O–H groups in total. The number of amides is 1. The molecule has 0 aliphatic rings. The smallest absolute Gasteiger partial charge is 0.426 e. The molecule has 0 radical (unpaired) electrons. The van der Waals surface area contributed by atoms with Crippen molar-refractivity contribution in [1.29, 1.82) is 0 Å². The Bertz CT molecular complexity index is 753. The zero-order chi connectivity index (χ0) is 17.2. The number of carbonyl (C=O) groups excluding carboxylic acids is 2. The Labute approximate surface area is 128 Å². The average Bonchev–Trinajstić information content (AvgIpc) is 2.80. The lowest BCUT2D eigenvalue weighted by Crippen LogP contribution is -2.18. The van der Waals surface area contributed by atoms with Crippen LogP contribution in [0.25, 0.3) is 0 Å². The number of carbonyl (C=O) groups is 2. The van der Waals surface area contributed by atoms with E-state index in [1.807, 2.05) is 0 Å². The number of ether oxygens (including phenoxy) is 1. The fraction of sp³-hybridized carbons (Fsp3) is 0.214. The van der Waals surface area contributed by atoms with Gasteiger partial charge < -0.3 is 9.30 Å². The third-order valence-electron chi connectivity index (χ3n) is 2.89. The summed E-state index contributed by atoms with van der Waals surface area (Å²) in [5, 5.41) is 2.25. The summed E-state index contributed by atoms with van der Waals surface area (Å²) in [5.41, 5.74) is -1.000. The number of hydrogen-bond acceptors (Lipinski definition) is 4. The van der Waals surface area contributed by atoms with Gasteiger partial charge in [0.05, 0.1) is 11.8 Å². The standard InChI is InChI=1S/C14H12F3N3O3/c1-8(21)23-10-6-4-3-5-9(10)12(22)19-13-18-7-11(20(13)2)14(15,16)17/h3-7H,1-2H3,(H,18,19,22). The molecule has 0 atom stereocenters. The maximum atomic E-state index is 12.7. The van der Waals surface area contributed by atoms with E-state index in [9.17, 15) is 22.8 Å². The van der Waals surface area contributed by atoms with Crippen LogP contribution in [0.2, 0.25) is 0 Å². The van der Waals surface area contributed by atoms with Crippen LogP contribution in [0.3, 0.4) is 0 Å². The van der Waals surface area contributed by atoms with Crippen molar-refractivity contribution in [3.05, 3.63) is 41.7 Å². The molecule has 0 aliphatic carbocycles. The van der Waals surface area contributed by atoms with E-state index in [4.69, 9.17) is 4.74 Å². The van der Waals surface area contributed by atoms with E-state index < -0.39 is 23.7 Å². The van der Waals surface area contributed by atoms with Crippen LogP contribution in [0.5, 0.6) is 5.75 Å². The molecule has 1 aromatic carbocycles. The second-order valence-corrected chi connectivity index (χ2v) is 4.57. The SMILES string of the molecule is CC(=O)Oc1ccccc1C(=O)Nc1ncc(C(F)(F)F)n1C. The second-order valence-electron chi connectivity index (χ2n) is 4.57. The van der Waals surface area contributed by atoms with E-state index in [0.717, 1.165) is 7.05 Å². The fourth-order valence-electron chi connectivity index (χ4n) is 1.86. The van der Waals surface area contributed by atoms with Crippen molar-refractivity contribution < 1.29 is 27.5 Å². The Balaban J connectivity index is 2.27. The molecule has 1 heterocycles. The molecule has 0 saturated carbocycles. The molecule has 0 unspecified atom stereocenters. The lowest BCUT2D eigenvalue weighted by molar-refractivity contribution is -0.143. The number of anilines is 1. The predicted molar refractivity (Wildman–Crippen MR) is 73.9 cm³/mol. The summed E-state index contributed by atoms with van der Waals surface area (Å²) in [6.45, 7) is 1.17. The van der Waals surface area contributed by atoms with E-state index in [1.54, 1.807) is 6.07 Å². The molecule has 1 amide bonds. The molecule has 2 rings (SSSR count). The topological polar surface area (TPSA) is 73.2 Å². The van der Waals surface area contributed by atoms with Gasteiger partial charge in [-0.3, -0.25) is 14.9 Å². The fourth-order valence-corrected chi connectivity index (χ4v) is 1.86. The van der Waals surface area contributed by atoms with Crippen molar-refractivity contribution in [1.82, 2.24) is 9.55 Å². The molecular formula is C14H12F3N3O3. The molecule has 6 nitrogen and oxygen atoms in total. The zero-order valence-electron chi connectivity index (χ0n) is 12.1. The number of para-hydroxylation sites is 1. The summed E-state index contributed by atoms with van der Waals surface area (Å²) in [5.74, 6) is -1.64. The Morgan fingerprint density at radius 2 is 1.91 bits per heavy atom. The van der Waals surface area contributed by atoms with Gasteiger partial charge in [0.25, 0.3) is 5.91 Å². The first-order chi connectivity index (χ1) is 10.7. The third kappa shape index (κ3) is 3.68. The number of aromatic nitrogens is 2. The van der Waals surface area contributed by atoms with E-state index in [1.165, 1.54) is 25.1 Å². The molecule has 0 aliphatic heterocycles. The van der Waals surface area contributed by atoms with Gasteiger partial charge in [-0.05, 0) is 12.1 Å². The highest BCUT2D eigenvalue weighted by Crippen LogP contribution is 2.30. The average molecular weight is 327 g/mol. The van der Waals surface area contributed by atoms with Crippen LogP contribution in [0, 0.1) is 0 Å². The van der Waals surface area contributed by atoms with E-state index in [0.29, 0.717) is 10.8 Å². The van der Waals surface area contributed by atoms with Crippen molar-refractivity contribution >= 4 is 17.8 Å². The van der Waals surface area contributed by atoms with E-state index in [-0.39, 0.29) is 17.3 Å². The van der Waals surface area contributed by atoms with E-state index in [2.05, 4.69) is 10.3 Å². The van der Waals surface area contributed by atoms with Crippen LogP contribution in [-0.4, -0.2) is 21.4 Å². The van der Waals surface area contributed by atoms with Gasteiger partial charge in [0.1, 0.15) is 11.4 Å². The number of esters is 1. The molecule has 0 spiro atoms. The highest BCUT2D eigenvalue weighted by molar-refractivity contribution is 6.05. The second kappa shape index (κ2) is 6.11. The summed E-state index contributed by atoms with van der Waals surface area (Å²) >= 11 is 0. The van der Waals surface area contributed by atoms with Gasteiger partial charge in [0.15, 0.2) is 0 Å². The first kappa shape index (κ1) is 16.5. The molecule has 1 aromatic heterocycles. The maximum absolute atomic E-state index is 12.7. The zero-order valence-corrected chi connectivity index (χ0v) is 12.1. The monoisotopic (exact) mass is 327 g/mol. The van der Waals surface area contributed by atoms with Crippen LogP contribution in [0.15, 0.2) is 30.5 Å². The van der Waals surface area contributed by atoms with Crippen molar-refractivity contribution in [2.75, 3.05) is 5.32 Å². The number of imidazole rings is 1. The van der Waals surface area contributed by atoms with Crippen molar-refractivity contribution in [2.45, 2.75) is 13.1 Å². The lowest BCUT2D eigenvalue weighted by Gasteiger charge is -2.11. The Morgan fingerprint density at radius 3 is 2.48 bits per heavy atom. The molecule has 23 heavy (non-hydrogen) atoms. The number of halogens is 3. The Morgan fingerprint density at radius 1 is 1.26 bits per heavy atom. The van der Waals surface area contributed by atoms with Gasteiger partial charge in [-0.25, -0.2) is 4.98 Å². The number of hydrogen-bond donors (Lipinski definition) is 1. The van der Waals surface area contributed by atoms with E-state index >= 15 is 0 Å².